The zero-order valence-corrected chi connectivity index (χ0v) is 17.2. The second-order valence-electron chi connectivity index (χ2n) is 8.36. The van der Waals surface area contributed by atoms with Crippen LogP contribution >= 0.6 is 0 Å². The highest BCUT2D eigenvalue weighted by molar-refractivity contribution is 5.79. The first-order chi connectivity index (χ1) is 13.6. The van der Waals surface area contributed by atoms with Crippen LogP contribution in [0, 0.1) is 11.8 Å². The summed E-state index contributed by atoms with van der Waals surface area (Å²) in [4.78, 5) is 24.5. The number of hydrogen-bond donors (Lipinski definition) is 1. The number of ether oxygens (including phenoxy) is 2. The molecule has 1 aromatic rings. The third kappa shape index (κ3) is 4.68. The number of amides is 1. The molecule has 0 aliphatic heterocycles. The lowest BCUT2D eigenvalue weighted by molar-refractivity contribution is -0.147. The van der Waals surface area contributed by atoms with Crippen molar-refractivity contribution in [2.24, 2.45) is 11.8 Å². The van der Waals surface area contributed by atoms with Crippen LogP contribution in [0.1, 0.15) is 63.4 Å². The fourth-order valence-electron chi connectivity index (χ4n) is 4.90. The first-order valence-electron chi connectivity index (χ1n) is 10.6. The predicted molar refractivity (Wildman–Crippen MR) is 108 cm³/mol. The Hall–Kier alpha value is -2.04. The van der Waals surface area contributed by atoms with E-state index in [0.29, 0.717) is 6.54 Å². The fourth-order valence-corrected chi connectivity index (χ4v) is 4.90. The van der Waals surface area contributed by atoms with E-state index in [1.165, 1.54) is 31.9 Å². The van der Waals surface area contributed by atoms with Crippen molar-refractivity contribution < 1.29 is 19.1 Å². The lowest BCUT2D eigenvalue weighted by atomic mass is 9.69. The average molecular weight is 388 g/mol. The van der Waals surface area contributed by atoms with Crippen LogP contribution in [0.15, 0.2) is 24.3 Å². The standard InChI is InChI=1S/C23H33NO4/c1-27-20-12-10-19(11-13-20)23(14-4-3-5-15-23)16-24-21(25)17-6-8-18(9-7-17)22(26)28-2/h10-13,17-18H,3-9,14-16H2,1-2H3,(H,24,25). The van der Waals surface area contributed by atoms with E-state index in [1.807, 2.05) is 12.1 Å². The van der Waals surface area contributed by atoms with E-state index in [4.69, 9.17) is 9.47 Å². The van der Waals surface area contributed by atoms with E-state index < -0.39 is 0 Å². The molecule has 0 unspecified atom stereocenters. The molecule has 0 aromatic heterocycles. The molecule has 2 aliphatic rings. The summed E-state index contributed by atoms with van der Waals surface area (Å²) in [6, 6.07) is 8.33. The van der Waals surface area contributed by atoms with Gasteiger partial charge in [-0.3, -0.25) is 9.59 Å². The molecule has 28 heavy (non-hydrogen) atoms. The highest BCUT2D eigenvalue weighted by Gasteiger charge is 2.36. The van der Waals surface area contributed by atoms with Gasteiger partial charge >= 0.3 is 5.97 Å². The van der Waals surface area contributed by atoms with Crippen molar-refractivity contribution in [3.63, 3.8) is 0 Å². The van der Waals surface area contributed by atoms with Gasteiger partial charge in [0, 0.05) is 17.9 Å². The van der Waals surface area contributed by atoms with Crippen molar-refractivity contribution in [2.45, 2.75) is 63.2 Å². The van der Waals surface area contributed by atoms with Crippen molar-refractivity contribution in [1.82, 2.24) is 5.32 Å². The first kappa shape index (κ1) is 20.7. The molecule has 154 valence electrons. The molecule has 2 aliphatic carbocycles. The molecule has 0 saturated heterocycles. The van der Waals surface area contributed by atoms with Crippen LogP contribution in [0.3, 0.4) is 0 Å². The van der Waals surface area contributed by atoms with Crippen LogP contribution in [0.4, 0.5) is 0 Å². The van der Waals surface area contributed by atoms with Crippen molar-refractivity contribution in [3.05, 3.63) is 29.8 Å². The summed E-state index contributed by atoms with van der Waals surface area (Å²) < 4.78 is 10.1. The average Bonchev–Trinajstić information content (AvgIpc) is 2.77. The quantitative estimate of drug-likeness (QED) is 0.750. The summed E-state index contributed by atoms with van der Waals surface area (Å²) in [5, 5.41) is 3.26. The third-order valence-corrected chi connectivity index (χ3v) is 6.75. The van der Waals surface area contributed by atoms with E-state index in [0.717, 1.165) is 44.3 Å². The van der Waals surface area contributed by atoms with E-state index in [9.17, 15) is 9.59 Å². The second kappa shape index (κ2) is 9.44. The fraction of sp³-hybridized carbons (Fsp3) is 0.652. The summed E-state index contributed by atoms with van der Waals surface area (Å²) in [6.07, 6.45) is 8.90. The van der Waals surface area contributed by atoms with Gasteiger partial charge in [-0.25, -0.2) is 0 Å². The maximum Gasteiger partial charge on any atom is 0.308 e. The molecular weight excluding hydrogens is 354 g/mol. The predicted octanol–water partition coefficient (Wildman–Crippen LogP) is 3.99. The molecule has 0 heterocycles. The SMILES string of the molecule is COC(=O)C1CCC(C(=O)NCC2(c3ccc(OC)cc3)CCCCC2)CC1. The summed E-state index contributed by atoms with van der Waals surface area (Å²) in [7, 11) is 3.12. The molecule has 2 saturated carbocycles. The van der Waals surface area contributed by atoms with Gasteiger partial charge in [-0.15, -0.1) is 0 Å². The van der Waals surface area contributed by atoms with Crippen molar-refractivity contribution in [1.29, 1.82) is 0 Å². The van der Waals surface area contributed by atoms with Crippen LogP contribution in [-0.2, 0) is 19.7 Å². The zero-order valence-electron chi connectivity index (χ0n) is 17.2. The van der Waals surface area contributed by atoms with Crippen molar-refractivity contribution >= 4 is 11.9 Å². The Morgan fingerprint density at radius 1 is 0.964 bits per heavy atom. The van der Waals surface area contributed by atoms with Crippen LogP contribution in [0.2, 0.25) is 0 Å². The number of esters is 1. The molecule has 5 heteroatoms. The highest BCUT2D eigenvalue weighted by Crippen LogP contribution is 2.40. The number of hydrogen-bond acceptors (Lipinski definition) is 4. The minimum Gasteiger partial charge on any atom is -0.497 e. The van der Waals surface area contributed by atoms with Gasteiger partial charge in [0.25, 0.3) is 0 Å². The van der Waals surface area contributed by atoms with Gasteiger partial charge in [0.1, 0.15) is 5.75 Å². The largest absolute Gasteiger partial charge is 0.497 e. The molecule has 5 nitrogen and oxygen atoms in total. The number of benzene rings is 1. The summed E-state index contributed by atoms with van der Waals surface area (Å²) in [5.74, 6) is 0.831. The molecule has 0 atom stereocenters. The Kier molecular flexibility index (Phi) is 6.97. The molecular formula is C23H33NO4. The van der Waals surface area contributed by atoms with E-state index >= 15 is 0 Å². The Morgan fingerprint density at radius 3 is 2.14 bits per heavy atom. The van der Waals surface area contributed by atoms with Crippen molar-refractivity contribution in [3.8, 4) is 5.75 Å². The minimum atomic E-state index is -0.139. The van der Waals surface area contributed by atoms with Gasteiger partial charge in [0.2, 0.25) is 5.91 Å². The summed E-state index contributed by atoms with van der Waals surface area (Å²) in [6.45, 7) is 0.690. The normalized spacial score (nSPS) is 24.2. The van der Waals surface area contributed by atoms with Gasteiger partial charge in [0.15, 0.2) is 0 Å². The smallest absolute Gasteiger partial charge is 0.308 e. The number of carbonyl (C=O) groups is 2. The maximum absolute atomic E-state index is 12.8. The number of methoxy groups -OCH3 is 2. The van der Waals surface area contributed by atoms with Gasteiger partial charge in [-0.2, -0.15) is 0 Å². The number of carbonyl (C=O) groups excluding carboxylic acids is 2. The molecule has 1 aromatic carbocycles. The summed E-state index contributed by atoms with van der Waals surface area (Å²) >= 11 is 0. The molecule has 3 rings (SSSR count). The monoisotopic (exact) mass is 387 g/mol. The van der Waals surface area contributed by atoms with Gasteiger partial charge < -0.3 is 14.8 Å². The van der Waals surface area contributed by atoms with E-state index in [2.05, 4.69) is 17.4 Å². The van der Waals surface area contributed by atoms with Gasteiger partial charge in [-0.05, 0) is 56.2 Å². The topological polar surface area (TPSA) is 64.6 Å². The molecule has 0 radical (unpaired) electrons. The third-order valence-electron chi connectivity index (χ3n) is 6.75. The van der Waals surface area contributed by atoms with Crippen LogP contribution in [0.25, 0.3) is 0 Å². The Labute approximate surface area is 168 Å². The van der Waals surface area contributed by atoms with Crippen molar-refractivity contribution in [2.75, 3.05) is 20.8 Å². The Balaban J connectivity index is 1.61. The van der Waals surface area contributed by atoms with Gasteiger partial charge in [0.05, 0.1) is 20.1 Å². The van der Waals surface area contributed by atoms with E-state index in [1.54, 1.807) is 7.11 Å². The Bertz CT molecular complexity index is 656. The highest BCUT2D eigenvalue weighted by atomic mass is 16.5. The number of rotatable bonds is 6. The van der Waals surface area contributed by atoms with Crippen LogP contribution < -0.4 is 10.1 Å². The second-order valence-corrected chi connectivity index (χ2v) is 8.36. The minimum absolute atomic E-state index is 0.0115. The lowest BCUT2D eigenvalue weighted by Crippen LogP contribution is -2.44. The van der Waals surface area contributed by atoms with Crippen LogP contribution in [-0.4, -0.2) is 32.6 Å². The lowest BCUT2D eigenvalue weighted by Gasteiger charge is -2.38. The first-order valence-corrected chi connectivity index (χ1v) is 10.6. The molecule has 0 bridgehead atoms. The number of nitrogens with one attached hydrogen (secondary N) is 1. The molecule has 2 fully saturated rings. The van der Waals surface area contributed by atoms with E-state index in [-0.39, 0.29) is 29.1 Å². The van der Waals surface area contributed by atoms with Gasteiger partial charge in [-0.1, -0.05) is 31.4 Å². The Morgan fingerprint density at radius 2 is 1.57 bits per heavy atom. The molecule has 0 spiro atoms. The summed E-state index contributed by atoms with van der Waals surface area (Å²) in [5.41, 5.74) is 1.31. The molecule has 1 N–H and O–H groups in total. The molecule has 1 amide bonds. The van der Waals surface area contributed by atoms with Crippen LogP contribution in [0.5, 0.6) is 5.75 Å². The zero-order chi connectivity index (χ0) is 20.0. The maximum atomic E-state index is 12.8.